The van der Waals surface area contributed by atoms with Crippen molar-refractivity contribution in [3.8, 4) is 5.75 Å². The van der Waals surface area contributed by atoms with E-state index in [1.165, 1.54) is 0 Å². The molecule has 3 nitrogen and oxygen atoms in total. The van der Waals surface area contributed by atoms with Gasteiger partial charge in [0.15, 0.2) is 0 Å². The normalized spacial score (nSPS) is 10.3. The van der Waals surface area contributed by atoms with Gasteiger partial charge in [0.05, 0.1) is 12.5 Å². The predicted molar refractivity (Wildman–Crippen MR) is 62.2 cm³/mol. The van der Waals surface area contributed by atoms with E-state index < -0.39 is 0 Å². The minimum Gasteiger partial charge on any atom is -0.488 e. The minimum atomic E-state index is 0.539. The molecule has 0 bridgehead atoms. The standard InChI is InChI=1S/C13H15NO2/c1-14-8-12-4-2-3-5-13(12)16-10-11-6-7-15-9-11/h2-7,9,14H,8,10H2,1H3. The number of hydrogen-bond acceptors (Lipinski definition) is 3. The average molecular weight is 217 g/mol. The van der Waals surface area contributed by atoms with E-state index in [0.29, 0.717) is 6.61 Å². The maximum Gasteiger partial charge on any atom is 0.124 e. The van der Waals surface area contributed by atoms with E-state index in [1.807, 2.05) is 31.3 Å². The van der Waals surface area contributed by atoms with E-state index in [0.717, 1.165) is 23.4 Å². The quantitative estimate of drug-likeness (QED) is 0.835. The third kappa shape index (κ3) is 2.64. The molecule has 84 valence electrons. The van der Waals surface area contributed by atoms with Gasteiger partial charge in [0, 0.05) is 17.7 Å². The van der Waals surface area contributed by atoms with Gasteiger partial charge in [-0.05, 0) is 19.2 Å². The van der Waals surface area contributed by atoms with Gasteiger partial charge in [-0.2, -0.15) is 0 Å². The van der Waals surface area contributed by atoms with Crippen molar-refractivity contribution >= 4 is 0 Å². The molecule has 0 amide bonds. The molecule has 3 heteroatoms. The second kappa shape index (κ2) is 5.37. The first-order chi connectivity index (χ1) is 7.90. The van der Waals surface area contributed by atoms with Gasteiger partial charge in [-0.1, -0.05) is 18.2 Å². The van der Waals surface area contributed by atoms with Crippen LogP contribution in [0, 0.1) is 0 Å². The fourth-order valence-electron chi connectivity index (χ4n) is 1.52. The lowest BCUT2D eigenvalue weighted by Gasteiger charge is -2.10. The fraction of sp³-hybridized carbons (Fsp3) is 0.231. The Balaban J connectivity index is 2.03. The zero-order valence-corrected chi connectivity index (χ0v) is 9.27. The molecule has 0 saturated carbocycles. The van der Waals surface area contributed by atoms with Crippen LogP contribution >= 0.6 is 0 Å². The molecule has 0 atom stereocenters. The maximum absolute atomic E-state index is 5.73. The molecule has 2 aromatic rings. The van der Waals surface area contributed by atoms with Crippen molar-refractivity contribution in [1.29, 1.82) is 0 Å². The summed E-state index contributed by atoms with van der Waals surface area (Å²) in [5, 5.41) is 3.12. The minimum absolute atomic E-state index is 0.539. The summed E-state index contributed by atoms with van der Waals surface area (Å²) in [4.78, 5) is 0. The molecule has 2 rings (SSSR count). The first-order valence-corrected chi connectivity index (χ1v) is 5.26. The Kier molecular flexibility index (Phi) is 3.62. The molecular weight excluding hydrogens is 202 g/mol. The van der Waals surface area contributed by atoms with E-state index in [1.54, 1.807) is 12.5 Å². The van der Waals surface area contributed by atoms with Gasteiger partial charge >= 0.3 is 0 Å². The Hall–Kier alpha value is -1.74. The van der Waals surface area contributed by atoms with Gasteiger partial charge in [0.2, 0.25) is 0 Å². The number of rotatable bonds is 5. The molecule has 0 aliphatic carbocycles. The van der Waals surface area contributed by atoms with Gasteiger partial charge in [-0.3, -0.25) is 0 Å². The second-order valence-corrected chi connectivity index (χ2v) is 3.56. The van der Waals surface area contributed by atoms with Gasteiger partial charge in [-0.25, -0.2) is 0 Å². The molecular formula is C13H15NO2. The second-order valence-electron chi connectivity index (χ2n) is 3.56. The number of nitrogens with one attached hydrogen (secondary N) is 1. The number of benzene rings is 1. The van der Waals surface area contributed by atoms with Crippen LogP contribution < -0.4 is 10.1 Å². The van der Waals surface area contributed by atoms with E-state index in [-0.39, 0.29) is 0 Å². The van der Waals surface area contributed by atoms with Crippen molar-refractivity contribution in [1.82, 2.24) is 5.32 Å². The van der Waals surface area contributed by atoms with Crippen molar-refractivity contribution in [2.24, 2.45) is 0 Å². The summed E-state index contributed by atoms with van der Waals surface area (Å²) in [6.07, 6.45) is 3.35. The van der Waals surface area contributed by atoms with E-state index >= 15 is 0 Å². The summed E-state index contributed by atoms with van der Waals surface area (Å²) in [7, 11) is 1.92. The number of hydrogen-bond donors (Lipinski definition) is 1. The average Bonchev–Trinajstić information content (AvgIpc) is 2.81. The highest BCUT2D eigenvalue weighted by molar-refractivity contribution is 5.33. The molecule has 0 unspecified atom stereocenters. The topological polar surface area (TPSA) is 34.4 Å². The van der Waals surface area contributed by atoms with Crippen LogP contribution in [-0.4, -0.2) is 7.05 Å². The van der Waals surface area contributed by atoms with Crippen LogP contribution in [0.4, 0.5) is 0 Å². The molecule has 0 aliphatic heterocycles. The van der Waals surface area contributed by atoms with Crippen molar-refractivity contribution in [2.45, 2.75) is 13.2 Å². The Morgan fingerprint density at radius 2 is 2.12 bits per heavy atom. The molecule has 0 saturated heterocycles. The van der Waals surface area contributed by atoms with Crippen LogP contribution in [0.15, 0.2) is 47.3 Å². The van der Waals surface area contributed by atoms with Gasteiger partial charge in [0.25, 0.3) is 0 Å². The number of furan rings is 1. The summed E-state index contributed by atoms with van der Waals surface area (Å²) in [6, 6.07) is 9.93. The molecule has 1 heterocycles. The first kappa shape index (κ1) is 10.8. The van der Waals surface area contributed by atoms with E-state index in [2.05, 4.69) is 11.4 Å². The van der Waals surface area contributed by atoms with Crippen molar-refractivity contribution in [3.63, 3.8) is 0 Å². The monoisotopic (exact) mass is 217 g/mol. The highest BCUT2D eigenvalue weighted by Gasteiger charge is 2.02. The van der Waals surface area contributed by atoms with Crippen LogP contribution in [0.2, 0.25) is 0 Å². The Morgan fingerprint density at radius 3 is 2.88 bits per heavy atom. The molecule has 1 N–H and O–H groups in total. The summed E-state index contributed by atoms with van der Waals surface area (Å²) < 4.78 is 10.7. The lowest BCUT2D eigenvalue weighted by Crippen LogP contribution is -2.07. The largest absolute Gasteiger partial charge is 0.488 e. The predicted octanol–water partition coefficient (Wildman–Crippen LogP) is 2.58. The van der Waals surface area contributed by atoms with Gasteiger partial charge < -0.3 is 14.5 Å². The van der Waals surface area contributed by atoms with Crippen molar-refractivity contribution in [2.75, 3.05) is 7.05 Å². The lowest BCUT2D eigenvalue weighted by atomic mass is 10.2. The van der Waals surface area contributed by atoms with Gasteiger partial charge in [0.1, 0.15) is 12.4 Å². The number of ether oxygens (including phenoxy) is 1. The summed E-state index contributed by atoms with van der Waals surface area (Å²) >= 11 is 0. The Bertz CT molecular complexity index is 423. The van der Waals surface area contributed by atoms with Crippen molar-refractivity contribution in [3.05, 3.63) is 54.0 Å². The summed E-state index contributed by atoms with van der Waals surface area (Å²) in [6.45, 7) is 1.35. The molecule has 1 aromatic carbocycles. The van der Waals surface area contributed by atoms with Crippen LogP contribution in [0.3, 0.4) is 0 Å². The smallest absolute Gasteiger partial charge is 0.124 e. The van der Waals surface area contributed by atoms with Crippen molar-refractivity contribution < 1.29 is 9.15 Å². The maximum atomic E-state index is 5.73. The van der Waals surface area contributed by atoms with Gasteiger partial charge in [-0.15, -0.1) is 0 Å². The van der Waals surface area contributed by atoms with E-state index in [4.69, 9.17) is 9.15 Å². The third-order valence-electron chi connectivity index (χ3n) is 2.31. The molecule has 0 spiro atoms. The zero-order chi connectivity index (χ0) is 11.2. The van der Waals surface area contributed by atoms with Crippen LogP contribution in [-0.2, 0) is 13.2 Å². The van der Waals surface area contributed by atoms with Crippen LogP contribution in [0.25, 0.3) is 0 Å². The highest BCUT2D eigenvalue weighted by Crippen LogP contribution is 2.19. The Labute approximate surface area is 95.0 Å². The molecule has 16 heavy (non-hydrogen) atoms. The van der Waals surface area contributed by atoms with E-state index in [9.17, 15) is 0 Å². The highest BCUT2D eigenvalue weighted by atomic mass is 16.5. The molecule has 0 aliphatic rings. The SMILES string of the molecule is CNCc1ccccc1OCc1ccoc1. The molecule has 0 radical (unpaired) electrons. The summed E-state index contributed by atoms with van der Waals surface area (Å²) in [5.41, 5.74) is 2.20. The third-order valence-corrected chi connectivity index (χ3v) is 2.31. The van der Waals surface area contributed by atoms with Crippen LogP contribution in [0.1, 0.15) is 11.1 Å². The van der Waals surface area contributed by atoms with Crippen LogP contribution in [0.5, 0.6) is 5.75 Å². The lowest BCUT2D eigenvalue weighted by molar-refractivity contribution is 0.301. The fourth-order valence-corrected chi connectivity index (χ4v) is 1.52. The number of para-hydroxylation sites is 1. The summed E-state index contributed by atoms with van der Waals surface area (Å²) in [5.74, 6) is 0.915. The first-order valence-electron chi connectivity index (χ1n) is 5.26. The Morgan fingerprint density at radius 1 is 1.25 bits per heavy atom. The molecule has 0 fully saturated rings. The molecule has 1 aromatic heterocycles. The zero-order valence-electron chi connectivity index (χ0n) is 9.27.